The van der Waals surface area contributed by atoms with Gasteiger partial charge >= 0.3 is 0 Å². The van der Waals surface area contributed by atoms with Crippen LogP contribution in [0.25, 0.3) is 54.6 Å². The van der Waals surface area contributed by atoms with Crippen molar-refractivity contribution in [3.8, 4) is 22.3 Å². The number of hydrogen-bond acceptors (Lipinski definition) is 0. The molecule has 1 heteroatoms. The van der Waals surface area contributed by atoms with Crippen LogP contribution in [0.1, 0.15) is 52.7 Å². The Labute approximate surface area is 240 Å². The van der Waals surface area contributed by atoms with Crippen molar-refractivity contribution in [1.29, 1.82) is 0 Å². The molecule has 0 spiro atoms. The van der Waals surface area contributed by atoms with Gasteiger partial charge in [0.05, 0.1) is 0 Å². The zero-order valence-electron chi connectivity index (χ0n) is 23.7. The molecule has 0 saturated carbocycles. The summed E-state index contributed by atoms with van der Waals surface area (Å²) < 4.78 is 1.12. The van der Waals surface area contributed by atoms with Crippen molar-refractivity contribution in [1.82, 2.24) is 0 Å². The van der Waals surface area contributed by atoms with Gasteiger partial charge in [0.1, 0.15) is 0 Å². The summed E-state index contributed by atoms with van der Waals surface area (Å²) in [5.41, 5.74) is 7.85. The van der Waals surface area contributed by atoms with Gasteiger partial charge in [-0.15, -0.1) is 0 Å². The molecule has 0 aromatic heterocycles. The molecule has 6 aromatic rings. The standard InChI is InChI=1S/C38H35Br/c1-37(2,3)26-15-11-13-24(21-26)32-23-33(39)34(25-14-12-16-27(22-25)38(4,5)6)36-31-20-10-8-18-29(31)28-17-7-9-19-30(28)35(32)36/h7-23H,1-6H3. The van der Waals surface area contributed by atoms with Crippen LogP contribution in [-0.2, 0) is 10.8 Å². The van der Waals surface area contributed by atoms with Gasteiger partial charge in [-0.05, 0) is 77.0 Å². The highest BCUT2D eigenvalue weighted by atomic mass is 79.9. The van der Waals surface area contributed by atoms with Crippen molar-refractivity contribution in [2.24, 2.45) is 0 Å². The van der Waals surface area contributed by atoms with Gasteiger partial charge in [-0.2, -0.15) is 0 Å². The fourth-order valence-electron chi connectivity index (χ4n) is 5.88. The minimum Gasteiger partial charge on any atom is -0.0616 e. The Hall–Kier alpha value is -3.42. The first-order chi connectivity index (χ1) is 18.5. The summed E-state index contributed by atoms with van der Waals surface area (Å²) >= 11 is 4.09. The Morgan fingerprint density at radius 1 is 0.462 bits per heavy atom. The molecule has 194 valence electrons. The van der Waals surface area contributed by atoms with Gasteiger partial charge in [0.25, 0.3) is 0 Å². The van der Waals surface area contributed by atoms with Crippen LogP contribution in [0, 0.1) is 0 Å². The molecule has 0 aliphatic carbocycles. The lowest BCUT2D eigenvalue weighted by atomic mass is 9.81. The zero-order valence-corrected chi connectivity index (χ0v) is 25.3. The van der Waals surface area contributed by atoms with Crippen LogP contribution in [0.15, 0.2) is 108 Å². The molecule has 0 fully saturated rings. The Morgan fingerprint density at radius 3 is 1.46 bits per heavy atom. The molecule has 0 saturated heterocycles. The first kappa shape index (κ1) is 25.8. The molecule has 0 unspecified atom stereocenters. The SMILES string of the molecule is CC(C)(C)c1cccc(-c2cc(Br)c(-c3cccc(C(C)(C)C)c3)c3c4ccccc4c4ccccc4c23)c1. The Balaban J connectivity index is 1.83. The number of rotatable bonds is 2. The van der Waals surface area contributed by atoms with Crippen LogP contribution < -0.4 is 0 Å². The molecule has 0 aliphatic heterocycles. The van der Waals surface area contributed by atoms with E-state index < -0.39 is 0 Å². The molecule has 0 atom stereocenters. The first-order valence-electron chi connectivity index (χ1n) is 13.8. The van der Waals surface area contributed by atoms with E-state index in [-0.39, 0.29) is 10.8 Å². The topological polar surface area (TPSA) is 0 Å². The first-order valence-corrected chi connectivity index (χ1v) is 14.6. The molecule has 0 heterocycles. The van der Waals surface area contributed by atoms with Gasteiger partial charge < -0.3 is 0 Å². The minimum atomic E-state index is 0.0698. The van der Waals surface area contributed by atoms with E-state index in [1.54, 1.807) is 0 Å². The van der Waals surface area contributed by atoms with Gasteiger partial charge in [-0.3, -0.25) is 0 Å². The summed E-state index contributed by atoms with van der Waals surface area (Å²) in [5, 5.41) is 7.79. The molecule has 0 radical (unpaired) electrons. The zero-order chi connectivity index (χ0) is 27.5. The van der Waals surface area contributed by atoms with E-state index in [1.807, 2.05) is 0 Å². The van der Waals surface area contributed by atoms with Crippen LogP contribution in [-0.4, -0.2) is 0 Å². The molecule has 6 aromatic carbocycles. The van der Waals surface area contributed by atoms with Crippen molar-refractivity contribution in [3.63, 3.8) is 0 Å². The maximum atomic E-state index is 4.09. The van der Waals surface area contributed by atoms with Crippen LogP contribution in [0.3, 0.4) is 0 Å². The highest BCUT2D eigenvalue weighted by Gasteiger charge is 2.22. The highest BCUT2D eigenvalue weighted by molar-refractivity contribution is 9.10. The van der Waals surface area contributed by atoms with Crippen molar-refractivity contribution in [3.05, 3.63) is 119 Å². The van der Waals surface area contributed by atoms with Crippen LogP contribution >= 0.6 is 15.9 Å². The van der Waals surface area contributed by atoms with E-state index in [9.17, 15) is 0 Å². The molecule has 0 bridgehead atoms. The monoisotopic (exact) mass is 570 g/mol. The maximum absolute atomic E-state index is 4.09. The van der Waals surface area contributed by atoms with Crippen molar-refractivity contribution < 1.29 is 0 Å². The second kappa shape index (κ2) is 9.35. The quantitative estimate of drug-likeness (QED) is 0.181. The number of hydrogen-bond donors (Lipinski definition) is 0. The average molecular weight is 572 g/mol. The summed E-state index contributed by atoms with van der Waals surface area (Å²) in [6.45, 7) is 13.7. The van der Waals surface area contributed by atoms with Gasteiger partial charge in [0, 0.05) is 10.0 Å². The Kier molecular flexibility index (Phi) is 6.19. The fourth-order valence-corrected chi connectivity index (χ4v) is 6.53. The molecule has 0 N–H and O–H groups in total. The predicted molar refractivity (Wildman–Crippen MR) is 175 cm³/mol. The van der Waals surface area contributed by atoms with E-state index in [2.05, 4.69) is 161 Å². The number of benzene rings is 6. The number of halogens is 1. The van der Waals surface area contributed by atoms with Gasteiger partial charge in [-0.25, -0.2) is 0 Å². The second-order valence-corrected chi connectivity index (χ2v) is 13.6. The summed E-state index contributed by atoms with van der Waals surface area (Å²) in [6.07, 6.45) is 0. The average Bonchev–Trinajstić information content (AvgIpc) is 2.92. The summed E-state index contributed by atoms with van der Waals surface area (Å²) in [7, 11) is 0. The van der Waals surface area contributed by atoms with E-state index in [1.165, 1.54) is 65.7 Å². The normalized spacial score (nSPS) is 12.5. The van der Waals surface area contributed by atoms with Crippen LogP contribution in [0.5, 0.6) is 0 Å². The third-order valence-electron chi connectivity index (χ3n) is 8.02. The summed E-state index contributed by atoms with van der Waals surface area (Å²) in [6, 6.07) is 38.4. The fraction of sp³-hybridized carbons (Fsp3) is 0.211. The smallest absolute Gasteiger partial charge is 0.0266 e. The lowest BCUT2D eigenvalue weighted by molar-refractivity contribution is 0.590. The van der Waals surface area contributed by atoms with Crippen LogP contribution in [0.4, 0.5) is 0 Å². The maximum Gasteiger partial charge on any atom is 0.0266 e. The van der Waals surface area contributed by atoms with E-state index in [0.29, 0.717) is 0 Å². The lowest BCUT2D eigenvalue weighted by Gasteiger charge is -2.23. The molecule has 0 amide bonds. The van der Waals surface area contributed by atoms with E-state index in [0.717, 1.165) is 4.47 Å². The van der Waals surface area contributed by atoms with E-state index >= 15 is 0 Å². The molecule has 6 rings (SSSR count). The molecular weight excluding hydrogens is 536 g/mol. The van der Waals surface area contributed by atoms with E-state index in [4.69, 9.17) is 0 Å². The Bertz CT molecular complexity index is 1880. The Morgan fingerprint density at radius 2 is 0.923 bits per heavy atom. The van der Waals surface area contributed by atoms with Crippen molar-refractivity contribution in [2.45, 2.75) is 52.4 Å². The summed E-state index contributed by atoms with van der Waals surface area (Å²) in [4.78, 5) is 0. The molecule has 0 nitrogen and oxygen atoms in total. The molecular formula is C38H35Br. The second-order valence-electron chi connectivity index (χ2n) is 12.8. The summed E-state index contributed by atoms with van der Waals surface area (Å²) in [5.74, 6) is 0. The van der Waals surface area contributed by atoms with Gasteiger partial charge in [-0.1, -0.05) is 155 Å². The van der Waals surface area contributed by atoms with Gasteiger partial charge in [0.15, 0.2) is 0 Å². The van der Waals surface area contributed by atoms with Gasteiger partial charge in [0.2, 0.25) is 0 Å². The van der Waals surface area contributed by atoms with Crippen molar-refractivity contribution >= 4 is 48.2 Å². The predicted octanol–water partition coefficient (Wildman–Crippen LogP) is 11.8. The largest absolute Gasteiger partial charge is 0.0616 e. The number of fused-ring (bicyclic) bond motifs is 6. The molecule has 39 heavy (non-hydrogen) atoms. The third kappa shape index (κ3) is 4.47. The third-order valence-corrected chi connectivity index (χ3v) is 8.64. The highest BCUT2D eigenvalue weighted by Crippen LogP contribution is 2.48. The minimum absolute atomic E-state index is 0.0698. The molecule has 0 aliphatic rings. The van der Waals surface area contributed by atoms with Crippen molar-refractivity contribution in [2.75, 3.05) is 0 Å². The lowest BCUT2D eigenvalue weighted by Crippen LogP contribution is -2.11. The van der Waals surface area contributed by atoms with Crippen LogP contribution in [0.2, 0.25) is 0 Å².